The summed E-state index contributed by atoms with van der Waals surface area (Å²) in [6, 6.07) is 0. The van der Waals surface area contributed by atoms with Gasteiger partial charge in [0, 0.05) is 38.6 Å². The predicted molar refractivity (Wildman–Crippen MR) is 92.7 cm³/mol. The van der Waals surface area contributed by atoms with Gasteiger partial charge in [0.2, 0.25) is 5.91 Å². The molecule has 0 spiro atoms. The van der Waals surface area contributed by atoms with E-state index in [0.717, 1.165) is 57.9 Å². The van der Waals surface area contributed by atoms with Crippen molar-refractivity contribution in [3.63, 3.8) is 0 Å². The summed E-state index contributed by atoms with van der Waals surface area (Å²) in [5, 5.41) is 0. The van der Waals surface area contributed by atoms with E-state index in [4.69, 9.17) is 0 Å². The zero-order valence-corrected chi connectivity index (χ0v) is 14.8. The maximum atomic E-state index is 12.8. The molecule has 1 amide bonds. The third-order valence-corrected chi connectivity index (χ3v) is 5.59. The second-order valence-corrected chi connectivity index (χ2v) is 8.18. The van der Waals surface area contributed by atoms with Crippen LogP contribution >= 0.6 is 0 Å². The van der Waals surface area contributed by atoms with Gasteiger partial charge in [0.1, 0.15) is 0 Å². The number of rotatable bonds is 3. The maximum absolute atomic E-state index is 12.8. The zero-order chi connectivity index (χ0) is 16.2. The Bertz CT molecular complexity index is 377. The third kappa shape index (κ3) is 4.58. The number of hydrogen-bond acceptors (Lipinski definition) is 2. The molecule has 2 rings (SSSR count). The van der Waals surface area contributed by atoms with Crippen LogP contribution in [0.2, 0.25) is 0 Å². The van der Waals surface area contributed by atoms with Crippen LogP contribution in [0.1, 0.15) is 52.9 Å². The van der Waals surface area contributed by atoms with Crippen molar-refractivity contribution in [2.24, 2.45) is 17.3 Å². The van der Waals surface area contributed by atoms with E-state index in [1.165, 1.54) is 12.8 Å². The highest BCUT2D eigenvalue weighted by atomic mass is 16.2. The summed E-state index contributed by atoms with van der Waals surface area (Å²) in [5.74, 6) is 1.49. The molecule has 0 radical (unpaired) electrons. The lowest BCUT2D eigenvalue weighted by Crippen LogP contribution is -2.40. The quantitative estimate of drug-likeness (QED) is 0.744. The smallest absolute Gasteiger partial charge is 0.225 e. The van der Waals surface area contributed by atoms with Crippen molar-refractivity contribution in [3.8, 4) is 0 Å². The SMILES string of the molecule is C=CCN1CCCN(C(=O)C2CCC(C(C)(C)C)CC2)CC1. The molecule has 0 aromatic carbocycles. The summed E-state index contributed by atoms with van der Waals surface area (Å²) in [5.41, 5.74) is 0.391. The van der Waals surface area contributed by atoms with E-state index >= 15 is 0 Å². The minimum Gasteiger partial charge on any atom is -0.341 e. The molecule has 2 fully saturated rings. The summed E-state index contributed by atoms with van der Waals surface area (Å²) >= 11 is 0. The van der Waals surface area contributed by atoms with Gasteiger partial charge in [-0.1, -0.05) is 26.8 Å². The number of hydrogen-bond donors (Lipinski definition) is 0. The molecule has 22 heavy (non-hydrogen) atoms. The summed E-state index contributed by atoms with van der Waals surface area (Å²) in [7, 11) is 0. The fourth-order valence-corrected chi connectivity index (χ4v) is 4.02. The van der Waals surface area contributed by atoms with E-state index in [0.29, 0.717) is 11.3 Å². The van der Waals surface area contributed by atoms with Crippen LogP contribution in [0.25, 0.3) is 0 Å². The topological polar surface area (TPSA) is 23.6 Å². The van der Waals surface area contributed by atoms with Gasteiger partial charge in [0.25, 0.3) is 0 Å². The van der Waals surface area contributed by atoms with Gasteiger partial charge in [-0.2, -0.15) is 0 Å². The number of carbonyl (C=O) groups excluding carboxylic acids is 1. The molecular formula is C19H34N2O. The molecule has 0 bridgehead atoms. The van der Waals surface area contributed by atoms with Crippen LogP contribution in [-0.4, -0.2) is 48.4 Å². The molecule has 3 heteroatoms. The monoisotopic (exact) mass is 306 g/mol. The van der Waals surface area contributed by atoms with Gasteiger partial charge in [0.05, 0.1) is 0 Å². The Balaban J connectivity index is 1.83. The molecule has 1 saturated heterocycles. The van der Waals surface area contributed by atoms with Gasteiger partial charge in [-0.15, -0.1) is 6.58 Å². The lowest BCUT2D eigenvalue weighted by atomic mass is 9.69. The first-order valence-corrected chi connectivity index (χ1v) is 9.04. The molecule has 1 aliphatic carbocycles. The van der Waals surface area contributed by atoms with E-state index in [1.54, 1.807) is 0 Å². The second kappa shape index (κ2) is 7.63. The standard InChI is InChI=1S/C19H34N2O/c1-5-11-20-12-6-13-21(15-14-20)18(22)16-7-9-17(10-8-16)19(2,3)4/h5,16-17H,1,6-15H2,2-4H3. The number of amides is 1. The van der Waals surface area contributed by atoms with Crippen LogP contribution in [-0.2, 0) is 4.79 Å². The van der Waals surface area contributed by atoms with E-state index < -0.39 is 0 Å². The Kier molecular flexibility index (Phi) is 6.08. The van der Waals surface area contributed by atoms with Gasteiger partial charge >= 0.3 is 0 Å². The lowest BCUT2D eigenvalue weighted by molar-refractivity contribution is -0.137. The van der Waals surface area contributed by atoms with Crippen LogP contribution < -0.4 is 0 Å². The number of carbonyl (C=O) groups is 1. The Hall–Kier alpha value is -0.830. The van der Waals surface area contributed by atoms with Crippen LogP contribution in [0.5, 0.6) is 0 Å². The second-order valence-electron chi connectivity index (χ2n) is 8.18. The molecule has 1 aliphatic heterocycles. The molecule has 1 saturated carbocycles. The van der Waals surface area contributed by atoms with E-state index in [1.807, 2.05) is 6.08 Å². The average Bonchev–Trinajstić information content (AvgIpc) is 2.72. The molecule has 0 atom stereocenters. The van der Waals surface area contributed by atoms with Crippen LogP contribution in [0.3, 0.4) is 0 Å². The Morgan fingerprint density at radius 1 is 1.09 bits per heavy atom. The molecule has 0 N–H and O–H groups in total. The van der Waals surface area contributed by atoms with Crippen molar-refractivity contribution in [1.82, 2.24) is 9.80 Å². The Morgan fingerprint density at radius 3 is 2.36 bits per heavy atom. The van der Waals surface area contributed by atoms with Crippen LogP contribution in [0.15, 0.2) is 12.7 Å². The molecule has 126 valence electrons. The van der Waals surface area contributed by atoms with Crippen LogP contribution in [0.4, 0.5) is 0 Å². The van der Waals surface area contributed by atoms with Crippen molar-refractivity contribution in [2.45, 2.75) is 52.9 Å². The summed E-state index contributed by atoms with van der Waals surface area (Å²) in [4.78, 5) is 17.3. The Labute approximate surface area is 136 Å². The molecule has 1 heterocycles. The fraction of sp³-hybridized carbons (Fsp3) is 0.842. The summed E-state index contributed by atoms with van der Waals surface area (Å²) < 4.78 is 0. The molecule has 3 nitrogen and oxygen atoms in total. The average molecular weight is 306 g/mol. The highest BCUT2D eigenvalue weighted by Gasteiger charge is 2.34. The molecule has 0 unspecified atom stereocenters. The lowest BCUT2D eigenvalue weighted by Gasteiger charge is -2.37. The van der Waals surface area contributed by atoms with Crippen molar-refractivity contribution in [2.75, 3.05) is 32.7 Å². The summed E-state index contributed by atoms with van der Waals surface area (Å²) in [6.45, 7) is 15.7. The minimum absolute atomic E-state index is 0.282. The van der Waals surface area contributed by atoms with Gasteiger partial charge in [0.15, 0.2) is 0 Å². The Morgan fingerprint density at radius 2 is 1.77 bits per heavy atom. The molecule has 0 aromatic heterocycles. The van der Waals surface area contributed by atoms with E-state index in [2.05, 4.69) is 37.1 Å². The maximum Gasteiger partial charge on any atom is 0.225 e. The zero-order valence-electron chi connectivity index (χ0n) is 14.8. The van der Waals surface area contributed by atoms with Crippen molar-refractivity contribution in [1.29, 1.82) is 0 Å². The first-order valence-electron chi connectivity index (χ1n) is 9.04. The van der Waals surface area contributed by atoms with Gasteiger partial charge in [-0.3, -0.25) is 9.69 Å². The fourth-order valence-electron chi connectivity index (χ4n) is 4.02. The van der Waals surface area contributed by atoms with E-state index in [9.17, 15) is 4.79 Å². The predicted octanol–water partition coefficient (Wildman–Crippen LogP) is 3.56. The molecular weight excluding hydrogens is 272 g/mol. The first kappa shape index (κ1) is 17.5. The summed E-state index contributed by atoms with van der Waals surface area (Å²) in [6.07, 6.45) is 7.68. The van der Waals surface area contributed by atoms with Crippen molar-refractivity contribution in [3.05, 3.63) is 12.7 Å². The largest absolute Gasteiger partial charge is 0.341 e. The first-order chi connectivity index (χ1) is 10.4. The molecule has 2 aliphatic rings. The van der Waals surface area contributed by atoms with Gasteiger partial charge in [-0.05, 0) is 43.4 Å². The van der Waals surface area contributed by atoms with Crippen LogP contribution in [0, 0.1) is 17.3 Å². The van der Waals surface area contributed by atoms with Gasteiger partial charge < -0.3 is 4.90 Å². The van der Waals surface area contributed by atoms with E-state index in [-0.39, 0.29) is 5.92 Å². The minimum atomic E-state index is 0.282. The highest BCUT2D eigenvalue weighted by molar-refractivity contribution is 5.79. The number of nitrogens with zero attached hydrogens (tertiary/aromatic N) is 2. The third-order valence-electron chi connectivity index (χ3n) is 5.59. The van der Waals surface area contributed by atoms with Crippen molar-refractivity contribution >= 4 is 5.91 Å². The normalized spacial score (nSPS) is 28.2. The van der Waals surface area contributed by atoms with Crippen molar-refractivity contribution < 1.29 is 4.79 Å². The molecule has 0 aromatic rings. The highest BCUT2D eigenvalue weighted by Crippen LogP contribution is 2.40. The van der Waals surface area contributed by atoms with Gasteiger partial charge in [-0.25, -0.2) is 0 Å².